The standard InChI is InChI=1S/C19H22N4O5S/c24-19(21-25)8-7-15-4-1-2-6-18(15)22-12-9-16(10-13-22)23(29(26,27)28)17-5-3-11-20-14-17/h1-8,11,14,16,25H,9-10,12-13H2,(H,21,24)(H,26,27,28)/b8-7+. The minimum atomic E-state index is -4.43. The van der Waals surface area contributed by atoms with Gasteiger partial charge in [-0.15, -0.1) is 0 Å². The van der Waals surface area contributed by atoms with E-state index in [1.807, 2.05) is 24.3 Å². The number of nitrogens with one attached hydrogen (secondary N) is 1. The molecule has 2 aromatic rings. The maximum absolute atomic E-state index is 12.0. The monoisotopic (exact) mass is 418 g/mol. The maximum atomic E-state index is 12.0. The van der Waals surface area contributed by atoms with Crippen LogP contribution in [0.1, 0.15) is 18.4 Å². The molecule has 1 aliphatic rings. The van der Waals surface area contributed by atoms with E-state index in [4.69, 9.17) is 5.21 Å². The van der Waals surface area contributed by atoms with E-state index >= 15 is 0 Å². The summed E-state index contributed by atoms with van der Waals surface area (Å²) in [5, 5.41) is 8.63. The minimum Gasteiger partial charge on any atom is -0.371 e. The van der Waals surface area contributed by atoms with Gasteiger partial charge in [0, 0.05) is 31.0 Å². The summed E-state index contributed by atoms with van der Waals surface area (Å²) in [6, 6.07) is 10.3. The number of benzene rings is 1. The van der Waals surface area contributed by atoms with Gasteiger partial charge >= 0.3 is 10.3 Å². The molecule has 154 valence electrons. The van der Waals surface area contributed by atoms with E-state index in [1.165, 1.54) is 18.5 Å². The molecule has 0 unspecified atom stereocenters. The van der Waals surface area contributed by atoms with Crippen LogP contribution in [0.4, 0.5) is 11.4 Å². The molecule has 2 heterocycles. The lowest BCUT2D eigenvalue weighted by molar-refractivity contribution is -0.124. The van der Waals surface area contributed by atoms with Crippen LogP contribution in [0, 0.1) is 0 Å². The molecule has 29 heavy (non-hydrogen) atoms. The summed E-state index contributed by atoms with van der Waals surface area (Å²) < 4.78 is 34.7. The fraction of sp³-hybridized carbons (Fsp3) is 0.263. The summed E-state index contributed by atoms with van der Waals surface area (Å²) in [6.45, 7) is 1.13. The summed E-state index contributed by atoms with van der Waals surface area (Å²) >= 11 is 0. The van der Waals surface area contributed by atoms with E-state index in [-0.39, 0.29) is 0 Å². The Balaban J connectivity index is 1.77. The van der Waals surface area contributed by atoms with Crippen LogP contribution in [0.3, 0.4) is 0 Å². The number of hydrogen-bond donors (Lipinski definition) is 3. The van der Waals surface area contributed by atoms with E-state index in [2.05, 4.69) is 9.88 Å². The fourth-order valence-corrected chi connectivity index (χ4v) is 4.44. The molecule has 0 atom stereocenters. The third kappa shape index (κ3) is 5.11. The molecule has 3 rings (SSSR count). The summed E-state index contributed by atoms with van der Waals surface area (Å²) in [4.78, 5) is 17.3. The Bertz CT molecular complexity index is 973. The Morgan fingerprint density at radius 3 is 2.55 bits per heavy atom. The van der Waals surface area contributed by atoms with Crippen LogP contribution >= 0.6 is 0 Å². The maximum Gasteiger partial charge on any atom is 0.360 e. The molecule has 1 aromatic carbocycles. The van der Waals surface area contributed by atoms with Crippen molar-refractivity contribution in [3.8, 4) is 0 Å². The molecular weight excluding hydrogens is 396 g/mol. The molecule has 0 saturated carbocycles. The average molecular weight is 418 g/mol. The Hall–Kier alpha value is -2.95. The van der Waals surface area contributed by atoms with Crippen molar-refractivity contribution in [1.82, 2.24) is 10.5 Å². The quantitative estimate of drug-likeness (QED) is 0.283. The number of rotatable bonds is 6. The fourth-order valence-electron chi connectivity index (χ4n) is 3.48. The Morgan fingerprint density at radius 2 is 1.93 bits per heavy atom. The summed E-state index contributed by atoms with van der Waals surface area (Å²) in [6.07, 6.45) is 6.79. The van der Waals surface area contributed by atoms with E-state index in [9.17, 15) is 17.8 Å². The summed E-state index contributed by atoms with van der Waals surface area (Å²) in [5.41, 5.74) is 3.57. The van der Waals surface area contributed by atoms with Gasteiger partial charge < -0.3 is 4.90 Å². The lowest BCUT2D eigenvalue weighted by Crippen LogP contribution is -2.47. The van der Waals surface area contributed by atoms with Gasteiger partial charge in [-0.25, -0.2) is 9.79 Å². The number of pyridine rings is 1. The van der Waals surface area contributed by atoms with Crippen molar-refractivity contribution in [2.45, 2.75) is 18.9 Å². The average Bonchev–Trinajstić information content (AvgIpc) is 2.73. The molecule has 0 aliphatic carbocycles. The van der Waals surface area contributed by atoms with Gasteiger partial charge in [0.1, 0.15) is 0 Å². The van der Waals surface area contributed by atoms with Crippen molar-refractivity contribution >= 4 is 33.7 Å². The largest absolute Gasteiger partial charge is 0.371 e. The summed E-state index contributed by atoms with van der Waals surface area (Å²) in [7, 11) is -4.43. The second-order valence-corrected chi connectivity index (χ2v) is 7.86. The molecule has 0 bridgehead atoms. The van der Waals surface area contributed by atoms with Crippen molar-refractivity contribution in [2.24, 2.45) is 0 Å². The molecule has 3 N–H and O–H groups in total. The van der Waals surface area contributed by atoms with E-state index in [0.717, 1.165) is 15.6 Å². The van der Waals surface area contributed by atoms with Crippen molar-refractivity contribution < 1.29 is 23.0 Å². The number of carbonyl (C=O) groups excluding carboxylic acids is 1. The van der Waals surface area contributed by atoms with E-state index < -0.39 is 22.3 Å². The zero-order valence-electron chi connectivity index (χ0n) is 15.5. The molecule has 0 radical (unpaired) electrons. The van der Waals surface area contributed by atoms with Gasteiger partial charge in [0.25, 0.3) is 5.91 Å². The molecule has 1 fully saturated rings. The molecule has 9 nitrogen and oxygen atoms in total. The van der Waals surface area contributed by atoms with Crippen molar-refractivity contribution in [3.63, 3.8) is 0 Å². The third-order valence-corrected chi connectivity index (χ3v) is 5.75. The van der Waals surface area contributed by atoms with Crippen LogP contribution in [0.15, 0.2) is 54.9 Å². The van der Waals surface area contributed by atoms with Crippen molar-refractivity contribution in [1.29, 1.82) is 0 Å². The third-order valence-electron chi connectivity index (χ3n) is 4.75. The lowest BCUT2D eigenvalue weighted by atomic mass is 10.0. The predicted octanol–water partition coefficient (Wildman–Crippen LogP) is 1.88. The first kappa shape index (κ1) is 20.8. The van der Waals surface area contributed by atoms with Crippen LogP contribution in [0.2, 0.25) is 0 Å². The van der Waals surface area contributed by atoms with Crippen LogP contribution < -0.4 is 14.7 Å². The number of para-hydroxylation sites is 1. The number of carbonyl (C=O) groups is 1. The molecule has 1 aliphatic heterocycles. The molecule has 1 aromatic heterocycles. The zero-order chi connectivity index (χ0) is 20.9. The number of piperidine rings is 1. The van der Waals surface area contributed by atoms with Crippen LogP contribution in [0.5, 0.6) is 0 Å². The van der Waals surface area contributed by atoms with Gasteiger partial charge in [-0.2, -0.15) is 8.42 Å². The van der Waals surface area contributed by atoms with Crippen LogP contribution in [-0.4, -0.2) is 48.2 Å². The first-order chi connectivity index (χ1) is 13.9. The molecule has 0 spiro atoms. The minimum absolute atomic E-state index is 0.326. The lowest BCUT2D eigenvalue weighted by Gasteiger charge is -2.38. The number of nitrogens with zero attached hydrogens (tertiary/aromatic N) is 3. The highest BCUT2D eigenvalue weighted by atomic mass is 32.2. The zero-order valence-corrected chi connectivity index (χ0v) is 16.4. The van der Waals surface area contributed by atoms with E-state index in [0.29, 0.717) is 31.6 Å². The summed E-state index contributed by atoms with van der Waals surface area (Å²) in [5.74, 6) is -0.626. The second-order valence-electron chi connectivity index (χ2n) is 6.57. The molecule has 1 saturated heterocycles. The van der Waals surface area contributed by atoms with Gasteiger partial charge in [-0.05, 0) is 42.7 Å². The molecular formula is C19H22N4O5S. The predicted molar refractivity (Wildman–Crippen MR) is 109 cm³/mol. The normalized spacial score (nSPS) is 15.4. The smallest absolute Gasteiger partial charge is 0.360 e. The van der Waals surface area contributed by atoms with E-state index in [1.54, 1.807) is 23.7 Å². The topological polar surface area (TPSA) is 123 Å². The Morgan fingerprint density at radius 1 is 1.21 bits per heavy atom. The highest BCUT2D eigenvalue weighted by Gasteiger charge is 2.32. The first-order valence-electron chi connectivity index (χ1n) is 9.03. The van der Waals surface area contributed by atoms with Gasteiger partial charge in [0.2, 0.25) is 0 Å². The van der Waals surface area contributed by atoms with Gasteiger partial charge in [0.15, 0.2) is 0 Å². The van der Waals surface area contributed by atoms with Crippen LogP contribution in [-0.2, 0) is 15.1 Å². The number of anilines is 2. The van der Waals surface area contributed by atoms with Crippen molar-refractivity contribution in [3.05, 3.63) is 60.4 Å². The Kier molecular flexibility index (Phi) is 6.47. The van der Waals surface area contributed by atoms with Gasteiger partial charge in [0.05, 0.1) is 17.9 Å². The Labute approximate surface area is 169 Å². The van der Waals surface area contributed by atoms with Gasteiger partial charge in [-0.1, -0.05) is 18.2 Å². The highest BCUT2D eigenvalue weighted by Crippen LogP contribution is 2.29. The first-order valence-corrected chi connectivity index (χ1v) is 10.4. The second kappa shape index (κ2) is 9.03. The van der Waals surface area contributed by atoms with Crippen molar-refractivity contribution in [2.75, 3.05) is 22.3 Å². The number of hydroxylamine groups is 1. The number of amides is 1. The van der Waals surface area contributed by atoms with Gasteiger partial charge in [-0.3, -0.25) is 19.5 Å². The molecule has 1 amide bonds. The highest BCUT2D eigenvalue weighted by molar-refractivity contribution is 7.87. The van der Waals surface area contributed by atoms with Crippen LogP contribution in [0.25, 0.3) is 6.08 Å². The SMILES string of the molecule is O=C(/C=C/c1ccccc1N1CCC(N(c2cccnc2)S(=O)(=O)O)CC1)NO. The molecule has 10 heteroatoms. The number of hydrogen-bond acceptors (Lipinski definition) is 6. The number of aromatic nitrogens is 1.